The highest BCUT2D eigenvalue weighted by atomic mass is 79.9. The maximum atomic E-state index is 12.7. The van der Waals surface area contributed by atoms with Gasteiger partial charge in [0.05, 0.1) is 0 Å². The Bertz CT molecular complexity index is 598. The number of hydrogen-bond donors (Lipinski definition) is 1. The summed E-state index contributed by atoms with van der Waals surface area (Å²) in [7, 11) is 0. The minimum atomic E-state index is -4.38. The minimum Gasteiger partial charge on any atom is -0.309 e. The molecule has 0 fully saturated rings. The molecule has 1 N–H and O–H groups in total. The number of nitrogens with zero attached hydrogens (tertiary/aromatic N) is 1. The van der Waals surface area contributed by atoms with Crippen LogP contribution in [-0.2, 0) is 12.6 Å². The van der Waals surface area contributed by atoms with Gasteiger partial charge in [0.15, 0.2) is 5.01 Å². The zero-order valence-electron chi connectivity index (χ0n) is 11.2. The molecule has 0 saturated heterocycles. The average molecular weight is 379 g/mol. The van der Waals surface area contributed by atoms with Crippen LogP contribution in [0, 0.1) is 0 Å². The van der Waals surface area contributed by atoms with Gasteiger partial charge in [-0.3, -0.25) is 0 Å². The van der Waals surface area contributed by atoms with Crippen LogP contribution >= 0.6 is 27.3 Å². The molecule has 2 nitrogen and oxygen atoms in total. The van der Waals surface area contributed by atoms with E-state index in [0.717, 1.165) is 10.0 Å². The van der Waals surface area contributed by atoms with E-state index in [9.17, 15) is 13.2 Å². The zero-order chi connectivity index (χ0) is 15.5. The first-order chi connectivity index (χ1) is 9.91. The predicted octanol–water partition coefficient (Wildman–Crippen LogP) is 4.82. The van der Waals surface area contributed by atoms with Crippen LogP contribution in [0.4, 0.5) is 13.2 Å². The van der Waals surface area contributed by atoms with Crippen molar-refractivity contribution >= 4 is 27.3 Å². The van der Waals surface area contributed by atoms with Crippen LogP contribution in [0.2, 0.25) is 0 Å². The van der Waals surface area contributed by atoms with Crippen LogP contribution in [0.25, 0.3) is 0 Å². The maximum absolute atomic E-state index is 12.7. The zero-order valence-corrected chi connectivity index (χ0v) is 13.6. The fraction of sp³-hybridized carbons (Fsp3) is 0.357. The summed E-state index contributed by atoms with van der Waals surface area (Å²) in [6.07, 6.45) is -2.46. The Labute approximate surface area is 133 Å². The Balaban J connectivity index is 2.23. The summed E-state index contributed by atoms with van der Waals surface area (Å²) in [5, 5.41) is 2.42. The highest BCUT2D eigenvalue weighted by molar-refractivity contribution is 9.10. The summed E-state index contributed by atoms with van der Waals surface area (Å²) < 4.78 is 38.9. The SMILES string of the molecule is CCNC(Cc1ccccc1Br)c1cnc(C(F)(F)F)s1. The van der Waals surface area contributed by atoms with E-state index in [2.05, 4.69) is 26.2 Å². The van der Waals surface area contributed by atoms with E-state index in [-0.39, 0.29) is 6.04 Å². The molecule has 0 aliphatic carbocycles. The monoisotopic (exact) mass is 378 g/mol. The largest absolute Gasteiger partial charge is 0.443 e. The molecule has 1 aromatic carbocycles. The number of hydrogen-bond acceptors (Lipinski definition) is 3. The highest BCUT2D eigenvalue weighted by Gasteiger charge is 2.35. The Morgan fingerprint density at radius 1 is 1.33 bits per heavy atom. The van der Waals surface area contributed by atoms with Gasteiger partial charge < -0.3 is 5.32 Å². The van der Waals surface area contributed by atoms with Gasteiger partial charge in [0.1, 0.15) is 0 Å². The molecular formula is C14H14BrF3N2S. The first-order valence-electron chi connectivity index (χ1n) is 6.41. The second kappa shape index (κ2) is 6.89. The summed E-state index contributed by atoms with van der Waals surface area (Å²) in [5.41, 5.74) is 1.05. The van der Waals surface area contributed by atoms with Gasteiger partial charge in [0, 0.05) is 21.6 Å². The normalized spacial score (nSPS) is 13.4. The molecule has 0 amide bonds. The van der Waals surface area contributed by atoms with Crippen molar-refractivity contribution in [1.29, 1.82) is 0 Å². The quantitative estimate of drug-likeness (QED) is 0.806. The van der Waals surface area contributed by atoms with Gasteiger partial charge >= 0.3 is 6.18 Å². The van der Waals surface area contributed by atoms with Crippen LogP contribution in [0.3, 0.4) is 0 Å². The lowest BCUT2D eigenvalue weighted by Crippen LogP contribution is -2.22. The molecule has 0 bridgehead atoms. The highest BCUT2D eigenvalue weighted by Crippen LogP contribution is 2.35. The van der Waals surface area contributed by atoms with Gasteiger partial charge in [0.25, 0.3) is 0 Å². The number of thiazole rings is 1. The molecule has 0 aliphatic rings. The summed E-state index contributed by atoms with van der Waals surface area (Å²) in [6, 6.07) is 7.52. The summed E-state index contributed by atoms with van der Waals surface area (Å²) >= 11 is 4.16. The average Bonchev–Trinajstić information content (AvgIpc) is 2.90. The van der Waals surface area contributed by atoms with Crippen molar-refractivity contribution in [1.82, 2.24) is 10.3 Å². The Hall–Kier alpha value is -0.920. The molecule has 1 aromatic heterocycles. The van der Waals surface area contributed by atoms with E-state index in [1.807, 2.05) is 31.2 Å². The van der Waals surface area contributed by atoms with Crippen molar-refractivity contribution in [3.8, 4) is 0 Å². The molecule has 0 spiro atoms. The third-order valence-corrected chi connectivity index (χ3v) is 4.87. The van der Waals surface area contributed by atoms with E-state index < -0.39 is 11.2 Å². The molecule has 1 atom stereocenters. The fourth-order valence-electron chi connectivity index (χ4n) is 1.98. The predicted molar refractivity (Wildman–Crippen MR) is 81.4 cm³/mol. The molecular weight excluding hydrogens is 365 g/mol. The second-order valence-electron chi connectivity index (χ2n) is 4.47. The molecule has 2 rings (SSSR count). The van der Waals surface area contributed by atoms with Gasteiger partial charge in [-0.25, -0.2) is 4.98 Å². The lowest BCUT2D eigenvalue weighted by molar-refractivity contribution is -0.137. The molecule has 21 heavy (non-hydrogen) atoms. The van der Waals surface area contributed by atoms with Crippen molar-refractivity contribution < 1.29 is 13.2 Å². The first kappa shape index (κ1) is 16.5. The number of rotatable bonds is 5. The number of alkyl halides is 3. The Kier molecular flexibility index (Phi) is 5.40. The van der Waals surface area contributed by atoms with E-state index in [0.29, 0.717) is 29.2 Å². The topological polar surface area (TPSA) is 24.9 Å². The molecule has 1 heterocycles. The van der Waals surface area contributed by atoms with Crippen LogP contribution in [0.5, 0.6) is 0 Å². The van der Waals surface area contributed by atoms with Crippen LogP contribution in [0.1, 0.15) is 28.4 Å². The van der Waals surface area contributed by atoms with Crippen molar-refractivity contribution in [2.45, 2.75) is 25.6 Å². The molecule has 0 saturated carbocycles. The third-order valence-electron chi connectivity index (χ3n) is 2.94. The van der Waals surface area contributed by atoms with E-state index in [1.165, 1.54) is 6.20 Å². The summed E-state index contributed by atoms with van der Waals surface area (Å²) in [6.45, 7) is 2.60. The number of likely N-dealkylation sites (N-methyl/N-ethyl adjacent to an activating group) is 1. The fourth-order valence-corrected chi connectivity index (χ4v) is 3.29. The van der Waals surface area contributed by atoms with Crippen LogP contribution in [-0.4, -0.2) is 11.5 Å². The van der Waals surface area contributed by atoms with Gasteiger partial charge in [-0.2, -0.15) is 13.2 Å². The molecule has 7 heteroatoms. The number of benzene rings is 1. The lowest BCUT2D eigenvalue weighted by Gasteiger charge is -2.17. The van der Waals surface area contributed by atoms with Gasteiger partial charge in [-0.05, 0) is 24.6 Å². The second-order valence-corrected chi connectivity index (χ2v) is 6.39. The molecule has 1 unspecified atom stereocenters. The van der Waals surface area contributed by atoms with Crippen molar-refractivity contribution in [3.05, 3.63) is 50.4 Å². The summed E-state index contributed by atoms with van der Waals surface area (Å²) in [4.78, 5) is 4.09. The number of halogens is 4. The van der Waals surface area contributed by atoms with Gasteiger partial charge in [-0.1, -0.05) is 41.1 Å². The van der Waals surface area contributed by atoms with Crippen LogP contribution < -0.4 is 5.32 Å². The molecule has 0 radical (unpaired) electrons. The Morgan fingerprint density at radius 3 is 2.62 bits per heavy atom. The van der Waals surface area contributed by atoms with Gasteiger partial charge in [-0.15, -0.1) is 11.3 Å². The van der Waals surface area contributed by atoms with Crippen LogP contribution in [0.15, 0.2) is 34.9 Å². The third kappa shape index (κ3) is 4.28. The first-order valence-corrected chi connectivity index (χ1v) is 8.02. The number of aromatic nitrogens is 1. The van der Waals surface area contributed by atoms with Crippen molar-refractivity contribution in [3.63, 3.8) is 0 Å². The standard InChI is InChI=1S/C14H14BrF3N2S/c1-2-19-11(7-9-5-3-4-6-10(9)15)12-8-20-13(21-12)14(16,17)18/h3-6,8,11,19H,2,7H2,1H3. The summed E-state index contributed by atoms with van der Waals surface area (Å²) in [5.74, 6) is 0. The molecule has 0 aliphatic heterocycles. The smallest absolute Gasteiger partial charge is 0.309 e. The Morgan fingerprint density at radius 2 is 2.05 bits per heavy atom. The lowest BCUT2D eigenvalue weighted by atomic mass is 10.1. The molecule has 114 valence electrons. The molecule has 2 aromatic rings. The van der Waals surface area contributed by atoms with Crippen molar-refractivity contribution in [2.75, 3.05) is 6.54 Å². The van der Waals surface area contributed by atoms with Crippen molar-refractivity contribution in [2.24, 2.45) is 0 Å². The van der Waals surface area contributed by atoms with Gasteiger partial charge in [0.2, 0.25) is 0 Å². The van der Waals surface area contributed by atoms with E-state index in [4.69, 9.17) is 0 Å². The van der Waals surface area contributed by atoms with E-state index in [1.54, 1.807) is 0 Å². The van der Waals surface area contributed by atoms with E-state index >= 15 is 0 Å². The maximum Gasteiger partial charge on any atom is 0.443 e. The number of nitrogens with one attached hydrogen (secondary N) is 1. The minimum absolute atomic E-state index is 0.178.